The fourth-order valence-corrected chi connectivity index (χ4v) is 5.09. The minimum atomic E-state index is -3.72. The Bertz CT molecular complexity index is 1200. The van der Waals surface area contributed by atoms with Crippen LogP contribution >= 0.6 is 11.3 Å². The van der Waals surface area contributed by atoms with Gasteiger partial charge in [0.1, 0.15) is 5.75 Å². The fraction of sp³-hybridized carbons (Fsp3) is 0.200. The van der Waals surface area contributed by atoms with Gasteiger partial charge >= 0.3 is 0 Å². The summed E-state index contributed by atoms with van der Waals surface area (Å²) in [5, 5.41) is 0.288. The minimum Gasteiger partial charge on any atom is -0.482 e. The molecule has 0 aliphatic carbocycles. The van der Waals surface area contributed by atoms with E-state index in [9.17, 15) is 13.2 Å². The van der Waals surface area contributed by atoms with Crippen LogP contribution in [-0.2, 0) is 14.8 Å². The maximum Gasteiger partial charge on any atom is 0.264 e. The number of ether oxygens (including phenoxy) is 1. The van der Waals surface area contributed by atoms with Gasteiger partial charge in [-0.1, -0.05) is 17.7 Å². The van der Waals surface area contributed by atoms with Crippen LogP contribution in [0.1, 0.15) is 10.4 Å². The van der Waals surface area contributed by atoms with Gasteiger partial charge in [0.05, 0.1) is 16.3 Å². The van der Waals surface area contributed by atoms with Crippen molar-refractivity contribution in [3.8, 4) is 17.0 Å². The number of sulfonamides is 1. The van der Waals surface area contributed by atoms with Gasteiger partial charge in [-0.05, 0) is 44.2 Å². The standard InChI is InChI=1S/C20H19N3O4S2/c1-12-4-7-15(8-5-12)29(25,26)22-20-21-19(13(2)28-20)14-6-9-17-16(10-14)23(3)18(24)11-27-17/h4-10H,11H2,1-3H3,(H,21,22). The maximum atomic E-state index is 12.6. The number of thiazole rings is 1. The molecular weight excluding hydrogens is 410 g/mol. The highest BCUT2D eigenvalue weighted by Gasteiger charge is 2.24. The number of nitrogens with zero attached hydrogens (tertiary/aromatic N) is 2. The van der Waals surface area contributed by atoms with Crippen molar-refractivity contribution >= 4 is 38.1 Å². The Morgan fingerprint density at radius 3 is 2.59 bits per heavy atom. The van der Waals surface area contributed by atoms with Gasteiger partial charge in [-0.3, -0.25) is 9.52 Å². The van der Waals surface area contributed by atoms with Crippen molar-refractivity contribution in [2.24, 2.45) is 0 Å². The number of aryl methyl sites for hydroxylation is 2. The van der Waals surface area contributed by atoms with E-state index in [1.165, 1.54) is 11.3 Å². The first-order chi connectivity index (χ1) is 13.7. The third-order valence-corrected chi connectivity index (χ3v) is 7.04. The molecule has 0 saturated carbocycles. The van der Waals surface area contributed by atoms with Gasteiger partial charge in [0.15, 0.2) is 11.7 Å². The Hall–Kier alpha value is -2.91. The third kappa shape index (κ3) is 3.70. The van der Waals surface area contributed by atoms with Gasteiger partial charge in [0.2, 0.25) is 0 Å². The molecule has 1 N–H and O–H groups in total. The molecule has 1 aliphatic heterocycles. The highest BCUT2D eigenvalue weighted by atomic mass is 32.2. The maximum absolute atomic E-state index is 12.6. The number of aromatic nitrogens is 1. The highest BCUT2D eigenvalue weighted by molar-refractivity contribution is 7.93. The fourth-order valence-electron chi connectivity index (χ4n) is 3.02. The highest BCUT2D eigenvalue weighted by Crippen LogP contribution is 2.38. The molecule has 0 fully saturated rings. The summed E-state index contributed by atoms with van der Waals surface area (Å²) in [7, 11) is -2.02. The summed E-state index contributed by atoms with van der Waals surface area (Å²) < 4.78 is 33.3. The first kappa shape index (κ1) is 19.4. The van der Waals surface area contributed by atoms with Gasteiger partial charge in [0.25, 0.3) is 15.9 Å². The van der Waals surface area contributed by atoms with Crippen molar-refractivity contribution in [1.82, 2.24) is 4.98 Å². The van der Waals surface area contributed by atoms with Crippen LogP contribution in [0.25, 0.3) is 11.3 Å². The SMILES string of the molecule is Cc1ccc(S(=O)(=O)Nc2nc(-c3ccc4c(c3)N(C)C(=O)CO4)c(C)s2)cc1. The second kappa shape index (κ2) is 7.16. The van der Waals surface area contributed by atoms with Crippen molar-refractivity contribution in [2.45, 2.75) is 18.7 Å². The zero-order valence-corrected chi connectivity index (χ0v) is 17.7. The number of likely N-dealkylation sites (N-methyl/N-ethyl adjacent to an activating group) is 1. The lowest BCUT2D eigenvalue weighted by Crippen LogP contribution is -2.35. The van der Waals surface area contributed by atoms with Crippen molar-refractivity contribution < 1.29 is 17.9 Å². The van der Waals surface area contributed by atoms with E-state index < -0.39 is 10.0 Å². The number of benzene rings is 2. The molecule has 1 aliphatic rings. The molecular formula is C20H19N3O4S2. The smallest absolute Gasteiger partial charge is 0.264 e. The number of fused-ring (bicyclic) bond motifs is 1. The van der Waals surface area contributed by atoms with Gasteiger partial charge in [-0.15, -0.1) is 11.3 Å². The Kier molecular flexibility index (Phi) is 4.79. The Morgan fingerprint density at radius 2 is 1.86 bits per heavy atom. The first-order valence-electron chi connectivity index (χ1n) is 8.85. The number of anilines is 2. The number of amides is 1. The predicted molar refractivity (Wildman–Crippen MR) is 113 cm³/mol. The summed E-state index contributed by atoms with van der Waals surface area (Å²) in [6.07, 6.45) is 0. The van der Waals surface area contributed by atoms with E-state index in [0.29, 0.717) is 17.1 Å². The number of carbonyl (C=O) groups excluding carboxylic acids is 1. The first-order valence-corrected chi connectivity index (χ1v) is 11.2. The lowest BCUT2D eigenvalue weighted by molar-refractivity contribution is -0.120. The van der Waals surface area contributed by atoms with Crippen LogP contribution < -0.4 is 14.4 Å². The average molecular weight is 430 g/mol. The molecule has 1 aromatic heterocycles. The average Bonchev–Trinajstić information content (AvgIpc) is 3.04. The summed E-state index contributed by atoms with van der Waals surface area (Å²) in [5.74, 6) is 0.500. The van der Waals surface area contributed by atoms with E-state index in [4.69, 9.17) is 4.74 Å². The van der Waals surface area contributed by atoms with E-state index in [-0.39, 0.29) is 22.5 Å². The molecule has 3 aromatic rings. The summed E-state index contributed by atoms with van der Waals surface area (Å²) in [5.41, 5.74) is 3.08. The summed E-state index contributed by atoms with van der Waals surface area (Å²) in [6.45, 7) is 3.79. The van der Waals surface area contributed by atoms with Crippen LogP contribution in [0.15, 0.2) is 47.4 Å². The van der Waals surface area contributed by atoms with E-state index in [1.807, 2.05) is 26.0 Å². The molecule has 0 bridgehead atoms. The molecule has 9 heteroatoms. The third-order valence-electron chi connectivity index (χ3n) is 4.67. The van der Waals surface area contributed by atoms with Crippen LogP contribution in [0.5, 0.6) is 5.75 Å². The molecule has 0 unspecified atom stereocenters. The molecule has 1 amide bonds. The molecule has 150 valence electrons. The van der Waals surface area contributed by atoms with Gasteiger partial charge in [0, 0.05) is 17.5 Å². The molecule has 0 spiro atoms. The van der Waals surface area contributed by atoms with E-state index in [2.05, 4.69) is 9.71 Å². The minimum absolute atomic E-state index is 0.0174. The summed E-state index contributed by atoms with van der Waals surface area (Å²) in [6, 6.07) is 12.1. The van der Waals surface area contributed by atoms with Crippen LogP contribution in [-0.4, -0.2) is 33.0 Å². The molecule has 4 rings (SSSR count). The molecule has 0 atom stereocenters. The predicted octanol–water partition coefficient (Wildman–Crippen LogP) is 3.58. The second-order valence-electron chi connectivity index (χ2n) is 6.77. The zero-order chi connectivity index (χ0) is 20.8. The number of nitrogens with one attached hydrogen (secondary N) is 1. The van der Waals surface area contributed by atoms with Crippen molar-refractivity contribution in [2.75, 3.05) is 23.3 Å². The molecule has 0 saturated heterocycles. The number of rotatable bonds is 4. The van der Waals surface area contributed by atoms with Gasteiger partial charge < -0.3 is 9.64 Å². The molecule has 29 heavy (non-hydrogen) atoms. The number of hydrogen-bond donors (Lipinski definition) is 1. The van der Waals surface area contributed by atoms with Crippen molar-refractivity contribution in [3.63, 3.8) is 0 Å². The summed E-state index contributed by atoms with van der Waals surface area (Å²) >= 11 is 1.26. The van der Waals surface area contributed by atoms with E-state index in [0.717, 1.165) is 16.0 Å². The second-order valence-corrected chi connectivity index (χ2v) is 9.65. The zero-order valence-electron chi connectivity index (χ0n) is 16.1. The van der Waals surface area contributed by atoms with Crippen molar-refractivity contribution in [1.29, 1.82) is 0 Å². The number of hydrogen-bond acceptors (Lipinski definition) is 6. The van der Waals surface area contributed by atoms with E-state index >= 15 is 0 Å². The number of carbonyl (C=O) groups is 1. The van der Waals surface area contributed by atoms with Crippen LogP contribution in [0.4, 0.5) is 10.8 Å². The van der Waals surface area contributed by atoms with Gasteiger partial charge in [-0.2, -0.15) is 0 Å². The van der Waals surface area contributed by atoms with Crippen molar-refractivity contribution in [3.05, 3.63) is 52.9 Å². The molecule has 2 aromatic carbocycles. The largest absolute Gasteiger partial charge is 0.482 e. The molecule has 0 radical (unpaired) electrons. The Balaban J connectivity index is 1.65. The quantitative estimate of drug-likeness (QED) is 0.685. The Labute approximate surface area is 173 Å². The molecule has 2 heterocycles. The van der Waals surface area contributed by atoms with E-state index in [1.54, 1.807) is 42.3 Å². The lowest BCUT2D eigenvalue weighted by Gasteiger charge is -2.26. The van der Waals surface area contributed by atoms with Crippen LogP contribution in [0, 0.1) is 13.8 Å². The monoisotopic (exact) mass is 429 g/mol. The molecule has 7 nitrogen and oxygen atoms in total. The van der Waals surface area contributed by atoms with Crippen LogP contribution in [0.2, 0.25) is 0 Å². The summed E-state index contributed by atoms with van der Waals surface area (Å²) in [4.78, 5) is 19.0. The Morgan fingerprint density at radius 1 is 1.14 bits per heavy atom. The van der Waals surface area contributed by atoms with Crippen LogP contribution in [0.3, 0.4) is 0 Å². The van der Waals surface area contributed by atoms with Gasteiger partial charge in [-0.25, -0.2) is 13.4 Å². The normalized spacial score (nSPS) is 13.8. The topological polar surface area (TPSA) is 88.6 Å². The lowest BCUT2D eigenvalue weighted by atomic mass is 10.1.